The van der Waals surface area contributed by atoms with E-state index in [0.29, 0.717) is 12.6 Å². The summed E-state index contributed by atoms with van der Waals surface area (Å²) in [7, 11) is 0. The van der Waals surface area contributed by atoms with E-state index >= 15 is 0 Å². The van der Waals surface area contributed by atoms with Gasteiger partial charge in [0, 0.05) is 29.9 Å². The van der Waals surface area contributed by atoms with Gasteiger partial charge in [-0.25, -0.2) is 0 Å². The molecule has 2 N–H and O–H groups in total. The Morgan fingerprint density at radius 3 is 2.38 bits per heavy atom. The summed E-state index contributed by atoms with van der Waals surface area (Å²) in [6.07, 6.45) is 0. The van der Waals surface area contributed by atoms with Gasteiger partial charge in [0.25, 0.3) is 0 Å². The van der Waals surface area contributed by atoms with Gasteiger partial charge in [-0.2, -0.15) is 5.10 Å². The number of aliphatic hydroxyl groups is 1. The van der Waals surface area contributed by atoms with Crippen LogP contribution >= 0.6 is 0 Å². The molecule has 1 heterocycles. The van der Waals surface area contributed by atoms with Crippen LogP contribution in [0.3, 0.4) is 0 Å². The summed E-state index contributed by atoms with van der Waals surface area (Å²) in [5.74, 6) is 0. The first-order valence-electron chi connectivity index (χ1n) is 5.88. The number of aromatic nitrogens is 2. The zero-order valence-corrected chi connectivity index (χ0v) is 10.9. The number of nitrogens with zero attached hydrogens (tertiary/aromatic N) is 2. The first-order valence-corrected chi connectivity index (χ1v) is 5.88. The number of hydrogen-bond acceptors (Lipinski definition) is 3. The molecule has 0 aliphatic heterocycles. The third-order valence-electron chi connectivity index (χ3n) is 2.87. The first kappa shape index (κ1) is 13.2. The van der Waals surface area contributed by atoms with Gasteiger partial charge in [0.1, 0.15) is 0 Å². The van der Waals surface area contributed by atoms with Crippen LogP contribution in [0.2, 0.25) is 0 Å². The molecule has 0 radical (unpaired) electrons. The molecule has 0 aromatic carbocycles. The lowest BCUT2D eigenvalue weighted by molar-refractivity contribution is 0.286. The smallest absolute Gasteiger partial charge is 0.0644 e. The minimum absolute atomic E-state index is 0.167. The van der Waals surface area contributed by atoms with E-state index in [-0.39, 0.29) is 12.6 Å². The predicted octanol–water partition coefficient (Wildman–Crippen LogP) is 1.72. The van der Waals surface area contributed by atoms with Crippen molar-refractivity contribution in [2.24, 2.45) is 0 Å². The van der Waals surface area contributed by atoms with Gasteiger partial charge in [-0.1, -0.05) is 0 Å². The second-order valence-electron chi connectivity index (χ2n) is 4.52. The van der Waals surface area contributed by atoms with Gasteiger partial charge in [0.2, 0.25) is 0 Å². The largest absolute Gasteiger partial charge is 0.395 e. The number of rotatable bonds is 5. The van der Waals surface area contributed by atoms with E-state index in [1.54, 1.807) is 0 Å². The monoisotopic (exact) mass is 225 g/mol. The zero-order valence-electron chi connectivity index (χ0n) is 10.9. The van der Waals surface area contributed by atoms with Crippen molar-refractivity contribution in [2.45, 2.75) is 46.7 Å². The van der Waals surface area contributed by atoms with Crippen LogP contribution in [0.4, 0.5) is 0 Å². The summed E-state index contributed by atoms with van der Waals surface area (Å²) >= 11 is 0. The van der Waals surface area contributed by atoms with E-state index in [4.69, 9.17) is 5.11 Å². The normalized spacial score (nSPS) is 13.4. The molecule has 0 amide bonds. The van der Waals surface area contributed by atoms with Gasteiger partial charge in [-0.3, -0.25) is 4.68 Å². The predicted molar refractivity (Wildman–Crippen MR) is 65.6 cm³/mol. The van der Waals surface area contributed by atoms with Crippen molar-refractivity contribution >= 4 is 0 Å². The standard InChI is InChI=1S/C12H23N3O/c1-8(2)15-11(5)12(10(4)14-15)9(3)13-6-7-16/h8-9,13,16H,6-7H2,1-5H3. The van der Waals surface area contributed by atoms with Gasteiger partial charge in [0.05, 0.1) is 12.3 Å². The fourth-order valence-electron chi connectivity index (χ4n) is 2.19. The minimum Gasteiger partial charge on any atom is -0.395 e. The molecule has 0 saturated carbocycles. The highest BCUT2D eigenvalue weighted by Crippen LogP contribution is 2.23. The van der Waals surface area contributed by atoms with Crippen LogP contribution in [0.1, 0.15) is 49.8 Å². The van der Waals surface area contributed by atoms with Crippen LogP contribution in [-0.4, -0.2) is 28.0 Å². The van der Waals surface area contributed by atoms with E-state index in [9.17, 15) is 0 Å². The number of aryl methyl sites for hydroxylation is 1. The van der Waals surface area contributed by atoms with Crippen molar-refractivity contribution < 1.29 is 5.11 Å². The molecule has 4 nitrogen and oxygen atoms in total. The van der Waals surface area contributed by atoms with Crippen LogP contribution in [-0.2, 0) is 0 Å². The molecule has 0 saturated heterocycles. The molecule has 0 aliphatic carbocycles. The molecule has 1 aromatic rings. The zero-order chi connectivity index (χ0) is 12.3. The van der Waals surface area contributed by atoms with Gasteiger partial charge < -0.3 is 10.4 Å². The summed E-state index contributed by atoms with van der Waals surface area (Å²) in [5.41, 5.74) is 3.54. The third-order valence-corrected chi connectivity index (χ3v) is 2.87. The molecule has 1 unspecified atom stereocenters. The average molecular weight is 225 g/mol. The molecule has 0 aliphatic rings. The lowest BCUT2D eigenvalue weighted by Gasteiger charge is -2.14. The van der Waals surface area contributed by atoms with Crippen LogP contribution in [0.5, 0.6) is 0 Å². The highest BCUT2D eigenvalue weighted by molar-refractivity contribution is 5.28. The molecule has 0 fully saturated rings. The Labute approximate surface area is 97.7 Å². The summed E-state index contributed by atoms with van der Waals surface area (Å²) in [4.78, 5) is 0. The maximum Gasteiger partial charge on any atom is 0.0644 e. The maximum absolute atomic E-state index is 8.81. The van der Waals surface area contributed by atoms with Crippen molar-refractivity contribution in [3.8, 4) is 0 Å². The SMILES string of the molecule is Cc1nn(C(C)C)c(C)c1C(C)NCCO. The summed E-state index contributed by atoms with van der Waals surface area (Å²) in [5, 5.41) is 16.6. The molecule has 16 heavy (non-hydrogen) atoms. The summed E-state index contributed by atoms with van der Waals surface area (Å²) in [6.45, 7) is 11.3. The van der Waals surface area contributed by atoms with Gasteiger partial charge >= 0.3 is 0 Å². The quantitative estimate of drug-likeness (QED) is 0.802. The summed E-state index contributed by atoms with van der Waals surface area (Å²) in [6, 6.07) is 0.622. The topological polar surface area (TPSA) is 50.1 Å². The molecule has 0 spiro atoms. The highest BCUT2D eigenvalue weighted by atomic mass is 16.3. The van der Waals surface area contributed by atoms with E-state index in [1.165, 1.54) is 11.3 Å². The molecule has 1 rings (SSSR count). The lowest BCUT2D eigenvalue weighted by Crippen LogP contribution is -2.23. The number of nitrogens with one attached hydrogen (secondary N) is 1. The Bertz CT molecular complexity index is 344. The van der Waals surface area contributed by atoms with Crippen molar-refractivity contribution in [3.05, 3.63) is 17.0 Å². The van der Waals surface area contributed by atoms with E-state index < -0.39 is 0 Å². The maximum atomic E-state index is 8.81. The molecule has 92 valence electrons. The Balaban J connectivity index is 2.95. The molecular weight excluding hydrogens is 202 g/mol. The van der Waals surface area contributed by atoms with Crippen LogP contribution < -0.4 is 5.32 Å². The van der Waals surface area contributed by atoms with Gasteiger partial charge in [-0.05, 0) is 34.6 Å². The number of aliphatic hydroxyl groups excluding tert-OH is 1. The Kier molecular flexibility index (Phi) is 4.50. The number of hydrogen-bond donors (Lipinski definition) is 2. The van der Waals surface area contributed by atoms with Crippen molar-refractivity contribution in [2.75, 3.05) is 13.2 Å². The molecule has 1 aromatic heterocycles. The van der Waals surface area contributed by atoms with Crippen molar-refractivity contribution in [1.29, 1.82) is 0 Å². The Morgan fingerprint density at radius 1 is 1.31 bits per heavy atom. The second-order valence-corrected chi connectivity index (χ2v) is 4.52. The molecule has 1 atom stereocenters. The average Bonchev–Trinajstić information content (AvgIpc) is 2.51. The second kappa shape index (κ2) is 5.46. The van der Waals surface area contributed by atoms with E-state index in [0.717, 1.165) is 5.69 Å². The molecule has 4 heteroatoms. The highest BCUT2D eigenvalue weighted by Gasteiger charge is 2.17. The third kappa shape index (κ3) is 2.62. The van der Waals surface area contributed by atoms with Crippen LogP contribution in [0, 0.1) is 13.8 Å². The molecular formula is C12H23N3O. The van der Waals surface area contributed by atoms with Gasteiger partial charge in [-0.15, -0.1) is 0 Å². The fraction of sp³-hybridized carbons (Fsp3) is 0.750. The lowest BCUT2D eigenvalue weighted by atomic mass is 10.1. The minimum atomic E-state index is 0.167. The van der Waals surface area contributed by atoms with Crippen molar-refractivity contribution in [1.82, 2.24) is 15.1 Å². The van der Waals surface area contributed by atoms with E-state index in [2.05, 4.69) is 42.8 Å². The molecule has 0 bridgehead atoms. The van der Waals surface area contributed by atoms with Crippen LogP contribution in [0.15, 0.2) is 0 Å². The summed E-state index contributed by atoms with van der Waals surface area (Å²) < 4.78 is 2.06. The van der Waals surface area contributed by atoms with Crippen LogP contribution in [0.25, 0.3) is 0 Å². The Morgan fingerprint density at radius 2 is 1.94 bits per heavy atom. The van der Waals surface area contributed by atoms with Gasteiger partial charge in [0.15, 0.2) is 0 Å². The first-order chi connectivity index (χ1) is 7.49. The van der Waals surface area contributed by atoms with Crippen molar-refractivity contribution in [3.63, 3.8) is 0 Å². The van der Waals surface area contributed by atoms with E-state index in [1.807, 2.05) is 6.92 Å². The Hall–Kier alpha value is -0.870. The fourth-order valence-corrected chi connectivity index (χ4v) is 2.19.